The van der Waals surface area contributed by atoms with E-state index in [1.54, 1.807) is 26.0 Å². The predicted molar refractivity (Wildman–Crippen MR) is 117 cm³/mol. The lowest BCUT2D eigenvalue weighted by Crippen LogP contribution is -2.26. The van der Waals surface area contributed by atoms with Crippen molar-refractivity contribution < 1.29 is 38.1 Å². The Morgan fingerprint density at radius 2 is 1.09 bits per heavy atom. The van der Waals surface area contributed by atoms with Crippen molar-refractivity contribution in [2.45, 2.75) is 52.7 Å². The molecule has 1 aromatic rings. The number of carbonyl (C=O) groups is 4. The molecule has 1 aromatic carbocycles. The average Bonchev–Trinajstić information content (AvgIpc) is 2.78. The third-order valence-corrected chi connectivity index (χ3v) is 4.32. The maximum atomic E-state index is 12.6. The van der Waals surface area contributed by atoms with Gasteiger partial charge in [0.15, 0.2) is 0 Å². The average molecular weight is 446 g/mol. The Balaban J connectivity index is 2.79. The van der Waals surface area contributed by atoms with Crippen LogP contribution in [-0.2, 0) is 28.5 Å². The Labute approximate surface area is 188 Å². The SMILES string of the molecule is C=C(C)C(=O)OC(CC)COC(=O)c1ccccc1C(=O)OCC(CC)OC(=O)C(=C)C. The third kappa shape index (κ3) is 8.37. The molecule has 2 atom stereocenters. The van der Waals surface area contributed by atoms with Crippen LogP contribution in [0.2, 0.25) is 0 Å². The lowest BCUT2D eigenvalue weighted by atomic mass is 10.1. The molecule has 0 saturated heterocycles. The molecular formula is C24H30O8. The third-order valence-electron chi connectivity index (χ3n) is 4.32. The summed E-state index contributed by atoms with van der Waals surface area (Å²) in [4.78, 5) is 48.4. The van der Waals surface area contributed by atoms with Crippen molar-refractivity contribution in [3.8, 4) is 0 Å². The Hall–Kier alpha value is -3.42. The van der Waals surface area contributed by atoms with Crippen molar-refractivity contribution in [3.05, 3.63) is 59.7 Å². The van der Waals surface area contributed by atoms with Crippen molar-refractivity contribution >= 4 is 23.9 Å². The number of esters is 4. The lowest BCUT2D eigenvalue weighted by molar-refractivity contribution is -0.147. The molecule has 8 nitrogen and oxygen atoms in total. The molecule has 0 aliphatic heterocycles. The highest BCUT2D eigenvalue weighted by Crippen LogP contribution is 2.14. The van der Waals surface area contributed by atoms with E-state index in [0.29, 0.717) is 12.8 Å². The van der Waals surface area contributed by atoms with Crippen LogP contribution in [0.3, 0.4) is 0 Å². The summed E-state index contributed by atoms with van der Waals surface area (Å²) in [6.45, 7) is 13.3. The standard InChI is InChI=1S/C24H30O8/c1-7-17(31-21(25)15(3)4)13-29-23(27)19-11-9-10-12-20(19)24(28)30-14-18(8-2)32-22(26)16(5)6/h9-12,17-18H,3,5,7-8,13-14H2,1-2,4,6H3. The highest BCUT2D eigenvalue weighted by molar-refractivity contribution is 6.03. The second-order valence-electron chi connectivity index (χ2n) is 7.17. The molecule has 0 amide bonds. The fourth-order valence-corrected chi connectivity index (χ4v) is 2.31. The molecule has 0 heterocycles. The first-order valence-corrected chi connectivity index (χ1v) is 10.3. The molecular weight excluding hydrogens is 416 g/mol. The van der Waals surface area contributed by atoms with E-state index in [9.17, 15) is 19.2 Å². The Bertz CT molecular complexity index is 800. The van der Waals surface area contributed by atoms with Gasteiger partial charge < -0.3 is 18.9 Å². The quantitative estimate of drug-likeness (QED) is 0.271. The number of carbonyl (C=O) groups excluding carboxylic acids is 4. The van der Waals surface area contributed by atoms with Gasteiger partial charge >= 0.3 is 23.9 Å². The fraction of sp³-hybridized carbons (Fsp3) is 0.417. The van der Waals surface area contributed by atoms with Crippen molar-refractivity contribution in [1.82, 2.24) is 0 Å². The normalized spacial score (nSPS) is 12.1. The largest absolute Gasteiger partial charge is 0.458 e. The van der Waals surface area contributed by atoms with Gasteiger partial charge in [0.2, 0.25) is 0 Å². The van der Waals surface area contributed by atoms with Crippen LogP contribution in [0.25, 0.3) is 0 Å². The molecule has 0 aliphatic rings. The van der Waals surface area contributed by atoms with E-state index in [1.165, 1.54) is 26.0 Å². The number of hydrogen-bond acceptors (Lipinski definition) is 8. The van der Waals surface area contributed by atoms with Crippen molar-refractivity contribution in [1.29, 1.82) is 0 Å². The molecule has 174 valence electrons. The minimum Gasteiger partial charge on any atom is -0.458 e. The minimum absolute atomic E-state index is 0.00515. The molecule has 0 radical (unpaired) electrons. The smallest absolute Gasteiger partial charge is 0.339 e. The highest BCUT2D eigenvalue weighted by Gasteiger charge is 2.23. The summed E-state index contributed by atoms with van der Waals surface area (Å²) < 4.78 is 20.9. The summed E-state index contributed by atoms with van der Waals surface area (Å²) in [6.07, 6.45) is -0.430. The highest BCUT2D eigenvalue weighted by atomic mass is 16.6. The van der Waals surface area contributed by atoms with Gasteiger partial charge in [0, 0.05) is 11.1 Å². The van der Waals surface area contributed by atoms with Crippen molar-refractivity contribution in [2.24, 2.45) is 0 Å². The van der Waals surface area contributed by atoms with Gasteiger partial charge in [-0.05, 0) is 38.8 Å². The number of hydrogen-bond donors (Lipinski definition) is 0. The Kier molecular flexibility index (Phi) is 10.9. The molecule has 2 unspecified atom stereocenters. The Morgan fingerprint density at radius 1 is 0.750 bits per heavy atom. The number of ether oxygens (including phenoxy) is 4. The van der Waals surface area contributed by atoms with E-state index >= 15 is 0 Å². The van der Waals surface area contributed by atoms with Crippen molar-refractivity contribution in [3.63, 3.8) is 0 Å². The maximum absolute atomic E-state index is 12.6. The first-order chi connectivity index (χ1) is 15.1. The summed E-state index contributed by atoms with van der Waals surface area (Å²) in [7, 11) is 0. The van der Waals surface area contributed by atoms with E-state index in [0.717, 1.165) is 0 Å². The summed E-state index contributed by atoms with van der Waals surface area (Å²) in [5, 5.41) is 0. The fourth-order valence-electron chi connectivity index (χ4n) is 2.31. The molecule has 0 fully saturated rings. The van der Waals surface area contributed by atoms with Crippen LogP contribution in [-0.4, -0.2) is 49.3 Å². The molecule has 32 heavy (non-hydrogen) atoms. The van der Waals surface area contributed by atoms with Gasteiger partial charge in [0.1, 0.15) is 25.4 Å². The van der Waals surface area contributed by atoms with Crippen LogP contribution < -0.4 is 0 Å². The van der Waals surface area contributed by atoms with Crippen LogP contribution in [0.1, 0.15) is 61.3 Å². The summed E-state index contributed by atoms with van der Waals surface area (Å²) in [5.74, 6) is -2.67. The van der Waals surface area contributed by atoms with Crippen LogP contribution in [0, 0.1) is 0 Å². The van der Waals surface area contributed by atoms with Crippen molar-refractivity contribution in [2.75, 3.05) is 13.2 Å². The summed E-state index contributed by atoms with van der Waals surface area (Å²) in [6, 6.07) is 6.01. The minimum atomic E-state index is -0.761. The van der Waals surface area contributed by atoms with Gasteiger partial charge in [-0.25, -0.2) is 19.2 Å². The van der Waals surface area contributed by atoms with Crippen LogP contribution >= 0.6 is 0 Å². The molecule has 0 bridgehead atoms. The van der Waals surface area contributed by atoms with Gasteiger partial charge in [-0.3, -0.25) is 0 Å². The zero-order chi connectivity index (χ0) is 24.3. The molecule has 0 aliphatic carbocycles. The van der Waals surface area contributed by atoms with Gasteiger partial charge in [-0.2, -0.15) is 0 Å². The molecule has 8 heteroatoms. The molecule has 0 spiro atoms. The Morgan fingerprint density at radius 3 is 1.38 bits per heavy atom. The number of benzene rings is 1. The van der Waals surface area contributed by atoms with Crippen LogP contribution in [0.4, 0.5) is 0 Å². The summed E-state index contributed by atoms with van der Waals surface area (Å²) in [5.41, 5.74) is 0.487. The van der Waals surface area contributed by atoms with Gasteiger partial charge in [0.05, 0.1) is 11.1 Å². The van der Waals surface area contributed by atoms with Gasteiger partial charge in [-0.15, -0.1) is 0 Å². The zero-order valence-corrected chi connectivity index (χ0v) is 19.0. The van der Waals surface area contributed by atoms with E-state index in [4.69, 9.17) is 18.9 Å². The van der Waals surface area contributed by atoms with Crippen LogP contribution in [0.5, 0.6) is 0 Å². The monoisotopic (exact) mass is 446 g/mol. The first-order valence-electron chi connectivity index (χ1n) is 10.3. The van der Waals surface area contributed by atoms with E-state index in [-0.39, 0.29) is 35.5 Å². The van der Waals surface area contributed by atoms with E-state index < -0.39 is 36.1 Å². The topological polar surface area (TPSA) is 105 Å². The predicted octanol–water partition coefficient (Wildman–Crippen LogP) is 3.80. The molecule has 0 aromatic heterocycles. The molecule has 0 N–H and O–H groups in total. The summed E-state index contributed by atoms with van der Waals surface area (Å²) >= 11 is 0. The maximum Gasteiger partial charge on any atom is 0.339 e. The second kappa shape index (κ2) is 13.1. The first kappa shape index (κ1) is 26.6. The van der Waals surface area contributed by atoms with Crippen LogP contribution in [0.15, 0.2) is 48.6 Å². The number of rotatable bonds is 12. The van der Waals surface area contributed by atoms with E-state index in [1.807, 2.05) is 0 Å². The second-order valence-corrected chi connectivity index (χ2v) is 7.17. The van der Waals surface area contributed by atoms with Gasteiger partial charge in [-0.1, -0.05) is 39.1 Å². The molecule has 0 saturated carbocycles. The molecule has 1 rings (SSSR count). The van der Waals surface area contributed by atoms with Gasteiger partial charge in [0.25, 0.3) is 0 Å². The van der Waals surface area contributed by atoms with E-state index in [2.05, 4.69) is 13.2 Å². The zero-order valence-electron chi connectivity index (χ0n) is 19.0. The lowest BCUT2D eigenvalue weighted by Gasteiger charge is -2.18.